The van der Waals surface area contributed by atoms with Crippen molar-refractivity contribution in [1.29, 1.82) is 0 Å². The first kappa shape index (κ1) is 21.7. The number of anilines is 1. The Morgan fingerprint density at radius 2 is 1.70 bits per heavy atom. The van der Waals surface area contributed by atoms with Crippen LogP contribution in [0.2, 0.25) is 0 Å². The Morgan fingerprint density at radius 1 is 1.00 bits per heavy atom. The average Bonchev–Trinajstić information content (AvgIpc) is 3.47. The number of aryl methyl sites for hydroxylation is 1. The summed E-state index contributed by atoms with van der Waals surface area (Å²) in [6.07, 6.45) is 0.298. The highest BCUT2D eigenvalue weighted by atomic mass is 32.2. The zero-order valence-corrected chi connectivity index (χ0v) is 19.0. The summed E-state index contributed by atoms with van der Waals surface area (Å²) in [5.74, 6) is 0.585. The van der Waals surface area contributed by atoms with Crippen LogP contribution in [-0.2, 0) is 19.6 Å². The summed E-state index contributed by atoms with van der Waals surface area (Å²) >= 11 is 0. The van der Waals surface area contributed by atoms with Gasteiger partial charge in [-0.15, -0.1) is 0 Å². The molecule has 1 aromatic heterocycles. The molecule has 1 amide bonds. The fourth-order valence-electron chi connectivity index (χ4n) is 4.08. The lowest BCUT2D eigenvalue weighted by Gasteiger charge is -2.26. The van der Waals surface area contributed by atoms with Crippen LogP contribution < -0.4 is 4.90 Å². The maximum atomic E-state index is 12.8. The second-order valence-electron chi connectivity index (χ2n) is 8.24. The number of sulfonamides is 1. The number of rotatable bonds is 5. The number of ether oxygens (including phenoxy) is 1. The van der Waals surface area contributed by atoms with Crippen LogP contribution in [0.25, 0.3) is 11.4 Å². The molecule has 0 radical (unpaired) electrons. The Bertz CT molecular complexity index is 1250. The lowest BCUT2D eigenvalue weighted by Crippen LogP contribution is -2.40. The molecule has 3 heterocycles. The molecule has 2 aliphatic heterocycles. The smallest absolute Gasteiger partial charge is 0.243 e. The van der Waals surface area contributed by atoms with Crippen molar-refractivity contribution in [3.05, 3.63) is 60.0 Å². The predicted octanol–water partition coefficient (Wildman–Crippen LogP) is 2.59. The van der Waals surface area contributed by atoms with Gasteiger partial charge in [0.2, 0.25) is 27.6 Å². The van der Waals surface area contributed by atoms with Gasteiger partial charge in [0.05, 0.1) is 24.0 Å². The van der Waals surface area contributed by atoms with Gasteiger partial charge in [0, 0.05) is 37.3 Å². The van der Waals surface area contributed by atoms with Crippen molar-refractivity contribution >= 4 is 21.6 Å². The van der Waals surface area contributed by atoms with Crippen molar-refractivity contribution in [1.82, 2.24) is 14.4 Å². The molecule has 0 unspecified atom stereocenters. The molecule has 0 N–H and O–H groups in total. The first-order valence-electron chi connectivity index (χ1n) is 10.8. The zero-order chi connectivity index (χ0) is 23.0. The van der Waals surface area contributed by atoms with E-state index in [0.29, 0.717) is 56.5 Å². The molecule has 0 spiro atoms. The molecule has 33 heavy (non-hydrogen) atoms. The van der Waals surface area contributed by atoms with Gasteiger partial charge in [-0.2, -0.15) is 9.29 Å². The highest BCUT2D eigenvalue weighted by Crippen LogP contribution is 2.32. The minimum Gasteiger partial charge on any atom is -0.379 e. The van der Waals surface area contributed by atoms with Gasteiger partial charge in [-0.25, -0.2) is 8.42 Å². The van der Waals surface area contributed by atoms with Crippen LogP contribution in [0.5, 0.6) is 0 Å². The molecule has 3 aromatic rings. The molecule has 0 aliphatic carbocycles. The topological polar surface area (TPSA) is 106 Å². The number of benzene rings is 2. The summed E-state index contributed by atoms with van der Waals surface area (Å²) in [4.78, 5) is 19.0. The fraction of sp³-hybridized carbons (Fsp3) is 0.348. The number of aromatic nitrogens is 2. The average molecular weight is 469 g/mol. The molecule has 2 aromatic carbocycles. The minimum atomic E-state index is -3.56. The Kier molecular flexibility index (Phi) is 5.73. The molecule has 0 saturated carbocycles. The van der Waals surface area contributed by atoms with E-state index in [2.05, 4.69) is 10.1 Å². The van der Waals surface area contributed by atoms with Crippen molar-refractivity contribution in [2.24, 2.45) is 0 Å². The standard InChI is InChI=1S/C23H24N4O5S/c1-16-2-6-19(7-3-16)27-15-18(14-21(27)28)23-24-22(25-32-23)17-4-8-20(9-5-17)33(29,30)26-10-12-31-13-11-26/h2-9,18H,10-15H2,1H3/t18-/m0/s1. The van der Waals surface area contributed by atoms with E-state index in [4.69, 9.17) is 9.26 Å². The van der Waals surface area contributed by atoms with Crippen LogP contribution in [0.4, 0.5) is 5.69 Å². The Labute approximate surface area is 192 Å². The van der Waals surface area contributed by atoms with Crippen LogP contribution >= 0.6 is 0 Å². The third-order valence-corrected chi connectivity index (χ3v) is 7.89. The second kappa shape index (κ2) is 8.69. The van der Waals surface area contributed by atoms with Gasteiger partial charge in [0.1, 0.15) is 0 Å². The first-order valence-corrected chi connectivity index (χ1v) is 12.2. The third-order valence-electron chi connectivity index (χ3n) is 5.98. The Morgan fingerprint density at radius 3 is 2.39 bits per heavy atom. The molecular formula is C23H24N4O5S. The summed E-state index contributed by atoms with van der Waals surface area (Å²) in [6, 6.07) is 14.2. The molecule has 2 aliphatic rings. The van der Waals surface area contributed by atoms with E-state index in [9.17, 15) is 13.2 Å². The largest absolute Gasteiger partial charge is 0.379 e. The van der Waals surface area contributed by atoms with E-state index in [-0.39, 0.29) is 16.7 Å². The molecule has 2 fully saturated rings. The van der Waals surface area contributed by atoms with Gasteiger partial charge in [-0.3, -0.25) is 4.79 Å². The van der Waals surface area contributed by atoms with Gasteiger partial charge < -0.3 is 14.2 Å². The van der Waals surface area contributed by atoms with E-state index in [1.165, 1.54) is 4.31 Å². The van der Waals surface area contributed by atoms with Crippen LogP contribution in [0.1, 0.15) is 23.8 Å². The van der Waals surface area contributed by atoms with Gasteiger partial charge >= 0.3 is 0 Å². The molecule has 10 heteroatoms. The van der Waals surface area contributed by atoms with Gasteiger partial charge in [0.25, 0.3) is 0 Å². The Balaban J connectivity index is 1.31. The van der Waals surface area contributed by atoms with Crippen LogP contribution in [0, 0.1) is 6.92 Å². The second-order valence-corrected chi connectivity index (χ2v) is 10.2. The van der Waals surface area contributed by atoms with Crippen molar-refractivity contribution in [2.45, 2.75) is 24.2 Å². The number of carbonyl (C=O) groups is 1. The highest BCUT2D eigenvalue weighted by molar-refractivity contribution is 7.89. The maximum Gasteiger partial charge on any atom is 0.243 e. The summed E-state index contributed by atoms with van der Waals surface area (Å²) in [5, 5.41) is 4.05. The lowest BCUT2D eigenvalue weighted by atomic mass is 10.1. The number of carbonyl (C=O) groups excluding carboxylic acids is 1. The van der Waals surface area contributed by atoms with Crippen LogP contribution in [0.15, 0.2) is 57.9 Å². The minimum absolute atomic E-state index is 0.0151. The van der Waals surface area contributed by atoms with Crippen molar-refractivity contribution in [3.8, 4) is 11.4 Å². The molecule has 9 nitrogen and oxygen atoms in total. The van der Waals surface area contributed by atoms with Gasteiger partial charge in [-0.1, -0.05) is 22.9 Å². The number of amides is 1. The van der Waals surface area contributed by atoms with Crippen molar-refractivity contribution in [3.63, 3.8) is 0 Å². The van der Waals surface area contributed by atoms with Gasteiger partial charge in [-0.05, 0) is 43.3 Å². The fourth-order valence-corrected chi connectivity index (χ4v) is 5.49. The number of hydrogen-bond acceptors (Lipinski definition) is 7. The quantitative estimate of drug-likeness (QED) is 0.567. The molecule has 2 saturated heterocycles. The summed E-state index contributed by atoms with van der Waals surface area (Å²) in [7, 11) is -3.56. The molecule has 172 valence electrons. The zero-order valence-electron chi connectivity index (χ0n) is 18.2. The predicted molar refractivity (Wildman–Crippen MR) is 120 cm³/mol. The molecule has 5 rings (SSSR count). The monoisotopic (exact) mass is 468 g/mol. The van der Waals surface area contributed by atoms with E-state index >= 15 is 0 Å². The number of hydrogen-bond donors (Lipinski definition) is 0. The van der Waals surface area contributed by atoms with E-state index in [0.717, 1.165) is 11.3 Å². The van der Waals surface area contributed by atoms with Crippen LogP contribution in [0.3, 0.4) is 0 Å². The van der Waals surface area contributed by atoms with Gasteiger partial charge in [0.15, 0.2) is 0 Å². The molecular weight excluding hydrogens is 444 g/mol. The van der Waals surface area contributed by atoms with Crippen molar-refractivity contribution in [2.75, 3.05) is 37.7 Å². The van der Waals surface area contributed by atoms with Crippen LogP contribution in [-0.4, -0.2) is 61.6 Å². The molecule has 1 atom stereocenters. The van der Waals surface area contributed by atoms with E-state index in [1.807, 2.05) is 31.2 Å². The number of morpholine rings is 1. The summed E-state index contributed by atoms with van der Waals surface area (Å²) in [5.41, 5.74) is 2.63. The third kappa shape index (κ3) is 4.29. The van der Waals surface area contributed by atoms with Crippen molar-refractivity contribution < 1.29 is 22.5 Å². The highest BCUT2D eigenvalue weighted by Gasteiger charge is 2.35. The molecule has 0 bridgehead atoms. The summed E-state index contributed by atoms with van der Waals surface area (Å²) in [6.45, 7) is 3.96. The first-order chi connectivity index (χ1) is 15.9. The van der Waals surface area contributed by atoms with E-state index < -0.39 is 10.0 Å². The SMILES string of the molecule is Cc1ccc(N2C[C@@H](c3nc(-c4ccc(S(=O)(=O)N5CCOCC5)cc4)no3)CC2=O)cc1. The maximum absolute atomic E-state index is 12.8. The lowest BCUT2D eigenvalue weighted by molar-refractivity contribution is -0.117. The number of nitrogens with zero attached hydrogens (tertiary/aromatic N) is 4. The normalized spacial score (nSPS) is 19.8. The van der Waals surface area contributed by atoms with E-state index in [1.54, 1.807) is 29.2 Å². The summed E-state index contributed by atoms with van der Waals surface area (Å²) < 4.78 is 37.7. The Hall–Kier alpha value is -3.08.